The van der Waals surface area contributed by atoms with Crippen LogP contribution in [-0.4, -0.2) is 18.6 Å². The normalized spacial score (nSPS) is 20.3. The van der Waals surface area contributed by atoms with Crippen LogP contribution in [0.4, 0.5) is 0 Å². The molecule has 3 nitrogen and oxygen atoms in total. The fraction of sp³-hybridized carbons (Fsp3) is 0.917. The van der Waals surface area contributed by atoms with Crippen molar-refractivity contribution in [1.82, 2.24) is 0 Å². The van der Waals surface area contributed by atoms with Gasteiger partial charge in [-0.25, -0.2) is 0 Å². The third-order valence-electron chi connectivity index (χ3n) is 3.23. The molecule has 0 amide bonds. The van der Waals surface area contributed by atoms with Gasteiger partial charge in [0.15, 0.2) is 0 Å². The summed E-state index contributed by atoms with van der Waals surface area (Å²) in [5.41, 5.74) is 5.84. The van der Waals surface area contributed by atoms with Crippen LogP contribution >= 0.6 is 0 Å². The molecule has 0 heterocycles. The number of nitrogens with two attached hydrogens (primary N) is 1. The molecule has 1 saturated carbocycles. The van der Waals surface area contributed by atoms with Crippen LogP contribution in [0.3, 0.4) is 0 Å². The first-order valence-corrected chi connectivity index (χ1v) is 5.97. The average molecular weight is 213 g/mol. The molecule has 88 valence electrons. The van der Waals surface area contributed by atoms with E-state index in [1.165, 1.54) is 19.3 Å². The fourth-order valence-corrected chi connectivity index (χ4v) is 2.37. The van der Waals surface area contributed by atoms with E-state index in [4.69, 9.17) is 10.5 Å². The standard InChI is InChI=1S/C12H23NO2/c1-10(2)15-11(14)8-12(9-13)6-4-3-5-7-12/h10H,3-9,13H2,1-2H3. The highest BCUT2D eigenvalue weighted by Crippen LogP contribution is 2.38. The molecule has 0 aliphatic heterocycles. The lowest BCUT2D eigenvalue weighted by Gasteiger charge is -2.35. The Hall–Kier alpha value is -0.570. The predicted octanol–water partition coefficient (Wildman–Crippen LogP) is 2.24. The van der Waals surface area contributed by atoms with Gasteiger partial charge in [0.05, 0.1) is 12.5 Å². The Morgan fingerprint density at radius 2 is 1.93 bits per heavy atom. The third-order valence-corrected chi connectivity index (χ3v) is 3.23. The number of carbonyl (C=O) groups excluding carboxylic acids is 1. The minimum absolute atomic E-state index is 0.0177. The van der Waals surface area contributed by atoms with E-state index in [0.717, 1.165) is 12.8 Å². The van der Waals surface area contributed by atoms with Gasteiger partial charge in [-0.05, 0) is 38.6 Å². The molecule has 0 spiro atoms. The summed E-state index contributed by atoms with van der Waals surface area (Å²) in [5.74, 6) is -0.0858. The molecule has 3 heteroatoms. The molecule has 1 aliphatic rings. The molecule has 0 bridgehead atoms. The van der Waals surface area contributed by atoms with Crippen LogP contribution in [0.15, 0.2) is 0 Å². The second-order valence-electron chi connectivity index (χ2n) is 4.98. The summed E-state index contributed by atoms with van der Waals surface area (Å²) in [5, 5.41) is 0. The van der Waals surface area contributed by atoms with Gasteiger partial charge in [-0.1, -0.05) is 19.3 Å². The monoisotopic (exact) mass is 213 g/mol. The molecule has 15 heavy (non-hydrogen) atoms. The third kappa shape index (κ3) is 3.82. The van der Waals surface area contributed by atoms with Crippen molar-refractivity contribution in [3.63, 3.8) is 0 Å². The summed E-state index contributed by atoms with van der Waals surface area (Å²) in [7, 11) is 0. The molecular weight excluding hydrogens is 190 g/mol. The van der Waals surface area contributed by atoms with E-state index in [0.29, 0.717) is 13.0 Å². The van der Waals surface area contributed by atoms with Gasteiger partial charge in [0.2, 0.25) is 0 Å². The smallest absolute Gasteiger partial charge is 0.306 e. The highest BCUT2D eigenvalue weighted by atomic mass is 16.5. The molecule has 1 rings (SSSR count). The fourth-order valence-electron chi connectivity index (χ4n) is 2.37. The van der Waals surface area contributed by atoms with Gasteiger partial charge in [0, 0.05) is 0 Å². The number of hydrogen-bond donors (Lipinski definition) is 1. The summed E-state index contributed by atoms with van der Waals surface area (Å²) in [6.07, 6.45) is 6.32. The van der Waals surface area contributed by atoms with E-state index in [1.807, 2.05) is 13.8 Å². The molecule has 0 radical (unpaired) electrons. The predicted molar refractivity (Wildman–Crippen MR) is 60.4 cm³/mol. The van der Waals surface area contributed by atoms with Crippen molar-refractivity contribution in [3.8, 4) is 0 Å². The van der Waals surface area contributed by atoms with E-state index >= 15 is 0 Å². The Labute approximate surface area is 92.4 Å². The van der Waals surface area contributed by atoms with Crippen molar-refractivity contribution in [2.75, 3.05) is 6.54 Å². The number of rotatable bonds is 4. The van der Waals surface area contributed by atoms with Gasteiger partial charge in [-0.3, -0.25) is 4.79 Å². The van der Waals surface area contributed by atoms with Crippen LogP contribution in [0.1, 0.15) is 52.4 Å². The maximum Gasteiger partial charge on any atom is 0.306 e. The quantitative estimate of drug-likeness (QED) is 0.729. The van der Waals surface area contributed by atoms with Crippen LogP contribution < -0.4 is 5.73 Å². The minimum atomic E-state index is -0.0858. The molecule has 0 unspecified atom stereocenters. The minimum Gasteiger partial charge on any atom is -0.463 e. The van der Waals surface area contributed by atoms with Crippen molar-refractivity contribution in [2.24, 2.45) is 11.1 Å². The topological polar surface area (TPSA) is 52.3 Å². The number of esters is 1. The Bertz CT molecular complexity index is 208. The van der Waals surface area contributed by atoms with Crippen molar-refractivity contribution >= 4 is 5.97 Å². The van der Waals surface area contributed by atoms with Crippen LogP contribution in [-0.2, 0) is 9.53 Å². The lowest BCUT2D eigenvalue weighted by molar-refractivity contribution is -0.150. The van der Waals surface area contributed by atoms with Crippen molar-refractivity contribution in [1.29, 1.82) is 0 Å². The Morgan fingerprint density at radius 3 is 2.40 bits per heavy atom. The Balaban J connectivity index is 2.47. The van der Waals surface area contributed by atoms with E-state index in [9.17, 15) is 4.79 Å². The summed E-state index contributed by atoms with van der Waals surface area (Å²) in [6, 6.07) is 0. The van der Waals surface area contributed by atoms with E-state index < -0.39 is 0 Å². The molecule has 0 aromatic carbocycles. The first-order chi connectivity index (χ1) is 7.08. The zero-order valence-corrected chi connectivity index (χ0v) is 9.92. The molecule has 0 aromatic heterocycles. The van der Waals surface area contributed by atoms with Crippen LogP contribution in [0, 0.1) is 5.41 Å². The number of carbonyl (C=O) groups is 1. The zero-order valence-electron chi connectivity index (χ0n) is 9.92. The maximum absolute atomic E-state index is 11.6. The lowest BCUT2D eigenvalue weighted by atomic mass is 9.72. The molecule has 1 fully saturated rings. The van der Waals surface area contributed by atoms with Gasteiger partial charge in [0.25, 0.3) is 0 Å². The molecule has 0 atom stereocenters. The molecule has 1 aliphatic carbocycles. The van der Waals surface area contributed by atoms with E-state index in [1.54, 1.807) is 0 Å². The molecule has 0 aromatic rings. The first kappa shape index (κ1) is 12.5. The highest BCUT2D eigenvalue weighted by molar-refractivity contribution is 5.70. The first-order valence-electron chi connectivity index (χ1n) is 5.97. The number of hydrogen-bond acceptors (Lipinski definition) is 3. The second kappa shape index (κ2) is 5.50. The Kier molecular flexibility index (Phi) is 4.58. The highest BCUT2D eigenvalue weighted by Gasteiger charge is 2.33. The number of ether oxygens (including phenoxy) is 1. The molecule has 2 N–H and O–H groups in total. The van der Waals surface area contributed by atoms with Crippen molar-refractivity contribution in [2.45, 2.75) is 58.5 Å². The summed E-state index contributed by atoms with van der Waals surface area (Å²) >= 11 is 0. The average Bonchev–Trinajstić information content (AvgIpc) is 2.17. The maximum atomic E-state index is 11.6. The largest absolute Gasteiger partial charge is 0.463 e. The van der Waals surface area contributed by atoms with Gasteiger partial charge in [-0.2, -0.15) is 0 Å². The van der Waals surface area contributed by atoms with Crippen LogP contribution in [0.5, 0.6) is 0 Å². The zero-order chi connectivity index (χ0) is 11.3. The summed E-state index contributed by atoms with van der Waals surface area (Å²) in [6.45, 7) is 4.38. The Morgan fingerprint density at radius 1 is 1.33 bits per heavy atom. The van der Waals surface area contributed by atoms with Gasteiger partial charge in [0.1, 0.15) is 0 Å². The summed E-state index contributed by atoms with van der Waals surface area (Å²) < 4.78 is 5.19. The van der Waals surface area contributed by atoms with Crippen LogP contribution in [0.25, 0.3) is 0 Å². The van der Waals surface area contributed by atoms with E-state index in [2.05, 4.69) is 0 Å². The molecule has 0 saturated heterocycles. The van der Waals surface area contributed by atoms with Crippen LogP contribution in [0.2, 0.25) is 0 Å². The second-order valence-corrected chi connectivity index (χ2v) is 4.98. The van der Waals surface area contributed by atoms with Gasteiger partial charge >= 0.3 is 5.97 Å². The SMILES string of the molecule is CC(C)OC(=O)CC1(CN)CCCCC1. The molecular formula is C12H23NO2. The van der Waals surface area contributed by atoms with Crippen molar-refractivity contribution in [3.05, 3.63) is 0 Å². The van der Waals surface area contributed by atoms with E-state index in [-0.39, 0.29) is 17.5 Å². The van der Waals surface area contributed by atoms with Gasteiger partial charge < -0.3 is 10.5 Å². The summed E-state index contributed by atoms with van der Waals surface area (Å²) in [4.78, 5) is 11.6. The van der Waals surface area contributed by atoms with Gasteiger partial charge in [-0.15, -0.1) is 0 Å². The van der Waals surface area contributed by atoms with Crippen molar-refractivity contribution < 1.29 is 9.53 Å². The lowest BCUT2D eigenvalue weighted by Crippen LogP contribution is -2.35.